The standard InChI is InChI=1S/C31H40N2O7/c1-6-17-39-22(3)9-8-10-29(32-40-30(34)7-2)23-11-13-25-26-14-12-24(33(35)36)21-28(26)31(15-18-37-4,16-19-38-5)27(25)20-23/h11-14,20-21H,3,6-10,15-19H2,1-2,4-5H3. The van der Waals surface area contributed by atoms with Crippen LogP contribution < -0.4 is 0 Å². The average Bonchev–Trinajstić information content (AvgIpc) is 3.23. The van der Waals surface area contributed by atoms with Gasteiger partial charge in [0.25, 0.3) is 5.69 Å². The van der Waals surface area contributed by atoms with Crippen LogP contribution in [0.5, 0.6) is 0 Å². The van der Waals surface area contributed by atoms with Crippen molar-refractivity contribution >= 4 is 17.4 Å². The summed E-state index contributed by atoms with van der Waals surface area (Å²) in [5.74, 6) is 0.305. The second kappa shape index (κ2) is 14.7. The molecule has 2 aromatic carbocycles. The molecule has 0 saturated heterocycles. The normalized spacial score (nSPS) is 13.4. The summed E-state index contributed by atoms with van der Waals surface area (Å²) >= 11 is 0. The minimum absolute atomic E-state index is 0.0465. The molecule has 0 fully saturated rings. The van der Waals surface area contributed by atoms with Crippen molar-refractivity contribution in [1.82, 2.24) is 0 Å². The lowest BCUT2D eigenvalue weighted by Gasteiger charge is -2.32. The fourth-order valence-electron chi connectivity index (χ4n) is 5.18. The molecule has 3 rings (SSSR count). The predicted octanol–water partition coefficient (Wildman–Crippen LogP) is 6.70. The molecule has 0 amide bonds. The van der Waals surface area contributed by atoms with E-state index in [0.29, 0.717) is 57.6 Å². The molecule has 1 aliphatic carbocycles. The number of nitrogens with zero attached hydrogens (tertiary/aromatic N) is 2. The fraction of sp³-hybridized carbons (Fsp3) is 0.484. The molecule has 216 valence electrons. The summed E-state index contributed by atoms with van der Waals surface area (Å²) in [5.41, 5.74) is 4.83. The molecule has 1 aliphatic rings. The van der Waals surface area contributed by atoms with Gasteiger partial charge >= 0.3 is 5.97 Å². The first-order valence-corrected chi connectivity index (χ1v) is 13.8. The summed E-state index contributed by atoms with van der Waals surface area (Å²) in [5, 5.41) is 16.0. The molecule has 0 aliphatic heterocycles. The number of hydrogen-bond donors (Lipinski definition) is 0. The van der Waals surface area contributed by atoms with Crippen molar-refractivity contribution in [3.8, 4) is 11.1 Å². The smallest absolute Gasteiger partial charge is 0.334 e. The number of oxime groups is 1. The quantitative estimate of drug-likeness (QED) is 0.0706. The maximum Gasteiger partial charge on any atom is 0.334 e. The van der Waals surface area contributed by atoms with E-state index in [-0.39, 0.29) is 17.0 Å². The van der Waals surface area contributed by atoms with E-state index in [1.165, 1.54) is 0 Å². The fourth-order valence-corrected chi connectivity index (χ4v) is 5.18. The van der Waals surface area contributed by atoms with Crippen LogP contribution in [0.2, 0.25) is 0 Å². The number of non-ortho nitro benzene ring substituents is 1. The molecule has 0 spiro atoms. The van der Waals surface area contributed by atoms with Gasteiger partial charge in [0.15, 0.2) is 0 Å². The van der Waals surface area contributed by atoms with Gasteiger partial charge in [-0.05, 0) is 72.1 Å². The van der Waals surface area contributed by atoms with Gasteiger partial charge in [-0.15, -0.1) is 0 Å². The molecular formula is C31H40N2O7. The highest BCUT2D eigenvalue weighted by Crippen LogP contribution is 2.54. The molecule has 0 radical (unpaired) electrons. The highest BCUT2D eigenvalue weighted by Gasteiger charge is 2.43. The molecule has 0 heterocycles. The Hall–Kier alpha value is -3.56. The Balaban J connectivity index is 2.08. The van der Waals surface area contributed by atoms with E-state index in [1.807, 2.05) is 25.1 Å². The maximum absolute atomic E-state index is 12.0. The molecule has 0 N–H and O–H groups in total. The Labute approximate surface area is 236 Å². The summed E-state index contributed by atoms with van der Waals surface area (Å²) in [6, 6.07) is 11.1. The van der Waals surface area contributed by atoms with Gasteiger partial charge in [-0.25, -0.2) is 4.79 Å². The molecule has 0 unspecified atom stereocenters. The summed E-state index contributed by atoms with van der Waals surface area (Å²) in [6.07, 6.45) is 4.28. The van der Waals surface area contributed by atoms with Crippen molar-refractivity contribution in [1.29, 1.82) is 0 Å². The highest BCUT2D eigenvalue weighted by atomic mass is 16.7. The third kappa shape index (κ3) is 7.14. The van der Waals surface area contributed by atoms with Crippen molar-refractivity contribution in [2.45, 2.75) is 64.2 Å². The first kappa shape index (κ1) is 31.0. The predicted molar refractivity (Wildman–Crippen MR) is 154 cm³/mol. The lowest BCUT2D eigenvalue weighted by atomic mass is 9.72. The second-order valence-electron chi connectivity index (χ2n) is 9.91. The van der Waals surface area contributed by atoms with Crippen molar-refractivity contribution in [2.75, 3.05) is 34.0 Å². The van der Waals surface area contributed by atoms with Crippen LogP contribution in [0.3, 0.4) is 0 Å². The highest BCUT2D eigenvalue weighted by molar-refractivity contribution is 6.02. The number of carbonyl (C=O) groups excluding carboxylic acids is 1. The Morgan fingerprint density at radius 1 is 0.975 bits per heavy atom. The van der Waals surface area contributed by atoms with Crippen molar-refractivity contribution in [2.24, 2.45) is 5.16 Å². The number of rotatable bonds is 17. The van der Waals surface area contributed by atoms with Gasteiger partial charge in [-0.3, -0.25) is 10.1 Å². The zero-order valence-corrected chi connectivity index (χ0v) is 24.0. The molecule has 9 nitrogen and oxygen atoms in total. The van der Waals surface area contributed by atoms with Crippen LogP contribution in [0.25, 0.3) is 11.1 Å². The lowest BCUT2D eigenvalue weighted by molar-refractivity contribution is -0.384. The largest absolute Gasteiger partial charge is 0.499 e. The van der Waals surface area contributed by atoms with Crippen molar-refractivity contribution < 1.29 is 28.8 Å². The minimum atomic E-state index is -0.563. The maximum atomic E-state index is 12.0. The molecule has 40 heavy (non-hydrogen) atoms. The van der Waals surface area contributed by atoms with Crippen LogP contribution in [-0.2, 0) is 29.3 Å². The first-order chi connectivity index (χ1) is 19.3. The molecule has 9 heteroatoms. The number of fused-ring (bicyclic) bond motifs is 3. The summed E-state index contributed by atoms with van der Waals surface area (Å²) in [7, 11) is 3.30. The molecular weight excluding hydrogens is 512 g/mol. The molecule has 0 saturated carbocycles. The van der Waals surface area contributed by atoms with Gasteiger partial charge in [-0.2, -0.15) is 0 Å². The zero-order valence-electron chi connectivity index (χ0n) is 24.0. The Bertz CT molecular complexity index is 1230. The van der Waals surface area contributed by atoms with Gasteiger partial charge in [-0.1, -0.05) is 37.7 Å². The third-order valence-corrected chi connectivity index (χ3v) is 7.28. The van der Waals surface area contributed by atoms with Crippen LogP contribution in [-0.4, -0.2) is 50.6 Å². The molecule has 2 aromatic rings. The number of carbonyl (C=O) groups is 1. The van der Waals surface area contributed by atoms with Gasteiger partial charge in [0.2, 0.25) is 0 Å². The van der Waals surface area contributed by atoms with Crippen LogP contribution in [0, 0.1) is 10.1 Å². The number of methoxy groups -OCH3 is 2. The Kier molecular flexibility index (Phi) is 11.4. The monoisotopic (exact) mass is 552 g/mol. The average molecular weight is 553 g/mol. The summed E-state index contributed by atoms with van der Waals surface area (Å²) in [6.45, 7) is 9.31. The summed E-state index contributed by atoms with van der Waals surface area (Å²) in [4.78, 5) is 28.5. The molecule has 0 aromatic heterocycles. The van der Waals surface area contributed by atoms with E-state index < -0.39 is 11.4 Å². The van der Waals surface area contributed by atoms with E-state index in [2.05, 4.69) is 17.8 Å². The van der Waals surface area contributed by atoms with E-state index in [9.17, 15) is 14.9 Å². The number of benzene rings is 2. The van der Waals surface area contributed by atoms with Gasteiger partial charge < -0.3 is 19.0 Å². The summed E-state index contributed by atoms with van der Waals surface area (Å²) < 4.78 is 16.6. The second-order valence-corrected chi connectivity index (χ2v) is 9.91. The number of hydrogen-bond acceptors (Lipinski definition) is 8. The number of nitro groups is 1. The van der Waals surface area contributed by atoms with Crippen LogP contribution in [0.15, 0.2) is 53.9 Å². The van der Waals surface area contributed by atoms with Crippen molar-refractivity contribution in [3.63, 3.8) is 0 Å². The molecule has 0 atom stereocenters. The minimum Gasteiger partial charge on any atom is -0.499 e. The number of allylic oxidation sites excluding steroid dienone is 1. The van der Waals surface area contributed by atoms with Gasteiger partial charge in [0.1, 0.15) is 0 Å². The van der Waals surface area contributed by atoms with E-state index in [0.717, 1.165) is 40.0 Å². The van der Waals surface area contributed by atoms with Gasteiger partial charge in [0, 0.05) is 57.8 Å². The van der Waals surface area contributed by atoms with Crippen LogP contribution in [0.1, 0.15) is 75.5 Å². The van der Waals surface area contributed by atoms with Crippen molar-refractivity contribution in [3.05, 3.63) is 75.5 Å². The first-order valence-electron chi connectivity index (χ1n) is 13.8. The van der Waals surface area contributed by atoms with E-state index in [1.54, 1.807) is 33.3 Å². The third-order valence-electron chi connectivity index (χ3n) is 7.28. The van der Waals surface area contributed by atoms with E-state index in [4.69, 9.17) is 19.0 Å². The van der Waals surface area contributed by atoms with E-state index >= 15 is 0 Å². The number of nitro benzene ring substituents is 1. The Morgan fingerprint density at radius 3 is 2.23 bits per heavy atom. The van der Waals surface area contributed by atoms with Gasteiger partial charge in [0.05, 0.1) is 23.0 Å². The van der Waals surface area contributed by atoms with Crippen LogP contribution >= 0.6 is 0 Å². The SMILES string of the molecule is C=C(CCCC(=NOC(=O)CC)c1ccc2c(c1)C(CCOC)(CCOC)c1cc([N+](=O)[O-])ccc1-2)OCCC. The lowest BCUT2D eigenvalue weighted by Crippen LogP contribution is -2.29. The number of ether oxygens (including phenoxy) is 3. The molecule has 0 bridgehead atoms. The Morgan fingerprint density at radius 2 is 1.62 bits per heavy atom. The van der Waals surface area contributed by atoms with Crippen LogP contribution in [0.4, 0.5) is 5.69 Å². The zero-order chi connectivity index (χ0) is 29.1. The topological polar surface area (TPSA) is 109 Å².